The second kappa shape index (κ2) is 6.60. The molecule has 1 heterocycles. The lowest BCUT2D eigenvalue weighted by Gasteiger charge is -2.24. The van der Waals surface area contributed by atoms with E-state index in [0.717, 1.165) is 13.1 Å². The maximum atomic E-state index is 3.69. The van der Waals surface area contributed by atoms with Crippen LogP contribution in [0, 0.1) is 0 Å². The lowest BCUT2D eigenvalue weighted by molar-refractivity contribution is 0.249. The molecule has 0 fully saturated rings. The average Bonchev–Trinajstić information content (AvgIpc) is 2.81. The van der Waals surface area contributed by atoms with Gasteiger partial charge in [-0.3, -0.25) is 0 Å². The van der Waals surface area contributed by atoms with Gasteiger partial charge >= 0.3 is 0 Å². The first kappa shape index (κ1) is 13.9. The molecule has 1 aromatic rings. The van der Waals surface area contributed by atoms with Crippen molar-refractivity contribution >= 4 is 11.8 Å². The molecule has 0 spiro atoms. The molecule has 0 aromatic heterocycles. The van der Waals surface area contributed by atoms with Gasteiger partial charge in [0.05, 0.1) is 0 Å². The van der Waals surface area contributed by atoms with Crippen LogP contribution in [0.3, 0.4) is 0 Å². The third-order valence-electron chi connectivity index (χ3n) is 3.90. The zero-order valence-electron chi connectivity index (χ0n) is 11.6. The van der Waals surface area contributed by atoms with Crippen LogP contribution in [0.2, 0.25) is 0 Å². The van der Waals surface area contributed by atoms with Crippen LogP contribution in [-0.4, -0.2) is 36.8 Å². The Kier molecular flexibility index (Phi) is 5.10. The fourth-order valence-electron chi connectivity index (χ4n) is 2.28. The van der Waals surface area contributed by atoms with Gasteiger partial charge in [-0.1, -0.05) is 25.1 Å². The smallest absolute Gasteiger partial charge is 0.0426 e. The Morgan fingerprint density at radius 3 is 3.00 bits per heavy atom. The fourth-order valence-corrected chi connectivity index (χ4v) is 3.47. The molecule has 2 nitrogen and oxygen atoms in total. The van der Waals surface area contributed by atoms with E-state index in [1.54, 1.807) is 0 Å². The topological polar surface area (TPSA) is 15.3 Å². The molecule has 0 saturated carbocycles. The molecule has 0 amide bonds. The van der Waals surface area contributed by atoms with E-state index in [4.69, 9.17) is 0 Å². The van der Waals surface area contributed by atoms with Gasteiger partial charge in [0.2, 0.25) is 0 Å². The normalized spacial score (nSPS) is 20.1. The van der Waals surface area contributed by atoms with Crippen molar-refractivity contribution in [1.29, 1.82) is 0 Å². The van der Waals surface area contributed by atoms with Crippen molar-refractivity contribution in [2.24, 2.45) is 0 Å². The van der Waals surface area contributed by atoms with Crippen LogP contribution in [-0.2, 0) is 0 Å². The number of nitrogens with one attached hydrogen (secondary N) is 1. The Morgan fingerprint density at radius 2 is 2.22 bits per heavy atom. The molecule has 1 N–H and O–H groups in total. The average molecular weight is 264 g/mol. The maximum absolute atomic E-state index is 3.69. The Labute approximate surface area is 115 Å². The van der Waals surface area contributed by atoms with Crippen molar-refractivity contribution in [1.82, 2.24) is 10.2 Å². The zero-order valence-corrected chi connectivity index (χ0v) is 12.5. The van der Waals surface area contributed by atoms with Gasteiger partial charge < -0.3 is 10.2 Å². The van der Waals surface area contributed by atoms with E-state index in [9.17, 15) is 0 Å². The third kappa shape index (κ3) is 3.28. The van der Waals surface area contributed by atoms with Gasteiger partial charge in [0.15, 0.2) is 0 Å². The lowest BCUT2D eigenvalue weighted by Crippen LogP contribution is -2.36. The van der Waals surface area contributed by atoms with Crippen LogP contribution in [0.4, 0.5) is 0 Å². The van der Waals surface area contributed by atoms with Gasteiger partial charge in [0, 0.05) is 35.8 Å². The van der Waals surface area contributed by atoms with Crippen LogP contribution < -0.4 is 5.32 Å². The molecule has 1 aromatic carbocycles. The minimum atomic E-state index is 0.538. The van der Waals surface area contributed by atoms with Crippen molar-refractivity contribution in [2.45, 2.75) is 37.2 Å². The standard InChI is InChI=1S/C15H24N2S/c1-4-12(2)17(3)10-9-16-14-11-18-15-8-6-5-7-13(14)15/h5-8,12,14,16H,4,9-11H2,1-3H3. The molecule has 100 valence electrons. The molecule has 1 aliphatic rings. The van der Waals surface area contributed by atoms with Gasteiger partial charge in [-0.15, -0.1) is 11.8 Å². The predicted molar refractivity (Wildman–Crippen MR) is 80.3 cm³/mol. The summed E-state index contributed by atoms with van der Waals surface area (Å²) in [5.41, 5.74) is 1.48. The summed E-state index contributed by atoms with van der Waals surface area (Å²) in [6.45, 7) is 6.73. The molecule has 0 radical (unpaired) electrons. The number of rotatable bonds is 6. The number of nitrogens with zero attached hydrogens (tertiary/aromatic N) is 1. The van der Waals surface area contributed by atoms with E-state index >= 15 is 0 Å². The molecule has 2 rings (SSSR count). The lowest BCUT2D eigenvalue weighted by atomic mass is 10.1. The minimum absolute atomic E-state index is 0.538. The molecular weight excluding hydrogens is 240 g/mol. The van der Waals surface area contributed by atoms with E-state index in [1.165, 1.54) is 22.6 Å². The van der Waals surface area contributed by atoms with Gasteiger partial charge in [-0.2, -0.15) is 0 Å². The first-order chi connectivity index (χ1) is 8.72. The summed E-state index contributed by atoms with van der Waals surface area (Å²) in [7, 11) is 2.22. The number of hydrogen-bond acceptors (Lipinski definition) is 3. The van der Waals surface area contributed by atoms with E-state index in [0.29, 0.717) is 12.1 Å². The molecule has 1 aliphatic heterocycles. The Bertz CT molecular complexity index is 381. The number of thioether (sulfide) groups is 1. The van der Waals surface area contributed by atoms with Crippen molar-refractivity contribution in [3.63, 3.8) is 0 Å². The van der Waals surface area contributed by atoms with Gasteiger partial charge in [-0.05, 0) is 32.0 Å². The first-order valence-corrected chi connectivity index (χ1v) is 7.86. The Morgan fingerprint density at radius 1 is 1.44 bits per heavy atom. The Hall–Kier alpha value is -0.510. The summed E-state index contributed by atoms with van der Waals surface area (Å²) in [5, 5.41) is 3.69. The molecule has 18 heavy (non-hydrogen) atoms. The minimum Gasteiger partial charge on any atom is -0.308 e. The summed E-state index contributed by atoms with van der Waals surface area (Å²) >= 11 is 1.97. The van der Waals surface area contributed by atoms with Crippen LogP contribution in [0.15, 0.2) is 29.2 Å². The summed E-state index contributed by atoms with van der Waals surface area (Å²) < 4.78 is 0. The second-order valence-electron chi connectivity index (χ2n) is 5.09. The highest BCUT2D eigenvalue weighted by atomic mass is 32.2. The zero-order chi connectivity index (χ0) is 13.0. The predicted octanol–water partition coefficient (Wildman–Crippen LogP) is 3.15. The highest BCUT2D eigenvalue weighted by Crippen LogP contribution is 2.37. The van der Waals surface area contributed by atoms with Gasteiger partial charge in [-0.25, -0.2) is 0 Å². The highest BCUT2D eigenvalue weighted by Gasteiger charge is 2.21. The molecule has 0 bridgehead atoms. The number of benzene rings is 1. The van der Waals surface area contributed by atoms with Crippen LogP contribution in [0.25, 0.3) is 0 Å². The molecule has 2 unspecified atom stereocenters. The fraction of sp³-hybridized carbons (Fsp3) is 0.600. The largest absolute Gasteiger partial charge is 0.308 e. The molecular formula is C15H24N2S. The van der Waals surface area contributed by atoms with Gasteiger partial charge in [0.1, 0.15) is 0 Å². The highest BCUT2D eigenvalue weighted by molar-refractivity contribution is 7.99. The van der Waals surface area contributed by atoms with Gasteiger partial charge in [0.25, 0.3) is 0 Å². The van der Waals surface area contributed by atoms with Crippen molar-refractivity contribution in [3.8, 4) is 0 Å². The van der Waals surface area contributed by atoms with Crippen molar-refractivity contribution in [3.05, 3.63) is 29.8 Å². The molecule has 2 atom stereocenters. The third-order valence-corrected chi connectivity index (χ3v) is 5.08. The molecule has 0 aliphatic carbocycles. The maximum Gasteiger partial charge on any atom is 0.0426 e. The van der Waals surface area contributed by atoms with E-state index in [-0.39, 0.29) is 0 Å². The summed E-state index contributed by atoms with van der Waals surface area (Å²) in [4.78, 5) is 3.88. The van der Waals surface area contributed by atoms with Crippen LogP contribution >= 0.6 is 11.8 Å². The quantitative estimate of drug-likeness (QED) is 0.849. The van der Waals surface area contributed by atoms with Crippen molar-refractivity contribution in [2.75, 3.05) is 25.9 Å². The van der Waals surface area contributed by atoms with E-state index < -0.39 is 0 Å². The van der Waals surface area contributed by atoms with Crippen LogP contribution in [0.5, 0.6) is 0 Å². The van der Waals surface area contributed by atoms with Crippen LogP contribution in [0.1, 0.15) is 31.9 Å². The van der Waals surface area contributed by atoms with Crippen molar-refractivity contribution < 1.29 is 0 Å². The summed E-state index contributed by atoms with van der Waals surface area (Å²) in [6, 6.07) is 9.97. The second-order valence-corrected chi connectivity index (χ2v) is 6.16. The summed E-state index contributed by atoms with van der Waals surface area (Å²) in [6.07, 6.45) is 1.22. The SMILES string of the molecule is CCC(C)N(C)CCNC1CSc2ccccc21. The molecule has 0 saturated heterocycles. The molecule has 3 heteroatoms. The van der Waals surface area contributed by atoms with E-state index in [2.05, 4.69) is 55.4 Å². The van der Waals surface area contributed by atoms with E-state index in [1.807, 2.05) is 11.8 Å². The monoisotopic (exact) mass is 264 g/mol. The number of fused-ring (bicyclic) bond motifs is 1. The number of likely N-dealkylation sites (N-methyl/N-ethyl adjacent to an activating group) is 1. The summed E-state index contributed by atoms with van der Waals surface area (Å²) in [5.74, 6) is 1.17. The Balaban J connectivity index is 1.79. The first-order valence-electron chi connectivity index (χ1n) is 6.87. The number of hydrogen-bond donors (Lipinski definition) is 1.